The molecule has 29 heavy (non-hydrogen) atoms. The Morgan fingerprint density at radius 3 is 2.83 bits per heavy atom. The molecule has 1 saturated carbocycles. The molecule has 8 heteroatoms. The predicted molar refractivity (Wildman–Crippen MR) is 105 cm³/mol. The summed E-state index contributed by atoms with van der Waals surface area (Å²) in [7, 11) is 1.63. The van der Waals surface area contributed by atoms with Crippen LogP contribution in [0.4, 0.5) is 8.78 Å². The van der Waals surface area contributed by atoms with Gasteiger partial charge in [0.05, 0.1) is 12.1 Å². The number of ether oxygens (including phenoxy) is 2. The van der Waals surface area contributed by atoms with Gasteiger partial charge < -0.3 is 24.3 Å². The summed E-state index contributed by atoms with van der Waals surface area (Å²) in [6.07, 6.45) is 4.09. The van der Waals surface area contributed by atoms with Crippen molar-refractivity contribution >= 4 is 16.8 Å². The Hall–Kier alpha value is -2.03. The predicted octanol–water partition coefficient (Wildman–Crippen LogP) is 2.44. The summed E-state index contributed by atoms with van der Waals surface area (Å²) >= 11 is 0. The van der Waals surface area contributed by atoms with Crippen molar-refractivity contribution in [2.45, 2.75) is 44.5 Å². The van der Waals surface area contributed by atoms with E-state index in [0.717, 1.165) is 31.4 Å². The normalized spacial score (nSPS) is 19.6. The van der Waals surface area contributed by atoms with E-state index in [2.05, 4.69) is 5.32 Å². The average molecular weight is 407 g/mol. The maximum Gasteiger partial charge on any atom is 0.253 e. The van der Waals surface area contributed by atoms with Gasteiger partial charge in [0.25, 0.3) is 5.91 Å². The SMILES string of the molecule is COCCCn1cc(CN(C(=O)[C@H]2CNCCO2)C2CC2)c2cc(F)c(F)cc21. The number of hydrogen-bond acceptors (Lipinski definition) is 4. The second kappa shape index (κ2) is 8.77. The number of fused-ring (bicyclic) bond motifs is 1. The van der Waals surface area contributed by atoms with Gasteiger partial charge in [-0.05, 0) is 30.9 Å². The summed E-state index contributed by atoms with van der Waals surface area (Å²) in [4.78, 5) is 14.9. The molecule has 2 fully saturated rings. The molecule has 1 aromatic heterocycles. The van der Waals surface area contributed by atoms with Gasteiger partial charge in [0.15, 0.2) is 11.6 Å². The number of morpholine rings is 1. The number of amides is 1. The fourth-order valence-corrected chi connectivity index (χ4v) is 3.91. The van der Waals surface area contributed by atoms with E-state index in [4.69, 9.17) is 9.47 Å². The van der Waals surface area contributed by atoms with Crippen molar-refractivity contribution in [3.8, 4) is 0 Å². The van der Waals surface area contributed by atoms with E-state index >= 15 is 0 Å². The summed E-state index contributed by atoms with van der Waals surface area (Å²) in [5, 5.41) is 3.83. The van der Waals surface area contributed by atoms with E-state index in [-0.39, 0.29) is 11.9 Å². The van der Waals surface area contributed by atoms with Gasteiger partial charge in [-0.2, -0.15) is 0 Å². The third-order valence-corrected chi connectivity index (χ3v) is 5.57. The zero-order valence-electron chi connectivity index (χ0n) is 16.6. The van der Waals surface area contributed by atoms with Gasteiger partial charge in [-0.3, -0.25) is 4.79 Å². The highest BCUT2D eigenvalue weighted by Gasteiger charge is 2.37. The van der Waals surface area contributed by atoms with E-state index < -0.39 is 17.7 Å². The van der Waals surface area contributed by atoms with E-state index in [1.54, 1.807) is 7.11 Å². The molecule has 1 aromatic carbocycles. The lowest BCUT2D eigenvalue weighted by Gasteiger charge is -2.30. The van der Waals surface area contributed by atoms with Gasteiger partial charge in [-0.25, -0.2) is 8.78 Å². The first-order chi connectivity index (χ1) is 14.1. The highest BCUT2D eigenvalue weighted by molar-refractivity contribution is 5.86. The summed E-state index contributed by atoms with van der Waals surface area (Å²) < 4.78 is 40.6. The monoisotopic (exact) mass is 407 g/mol. The van der Waals surface area contributed by atoms with Crippen LogP contribution >= 0.6 is 0 Å². The lowest BCUT2D eigenvalue weighted by Crippen LogP contribution is -2.49. The molecule has 0 radical (unpaired) electrons. The molecule has 6 nitrogen and oxygen atoms in total. The largest absolute Gasteiger partial charge is 0.385 e. The minimum Gasteiger partial charge on any atom is -0.385 e. The van der Waals surface area contributed by atoms with E-state index in [0.29, 0.717) is 43.8 Å². The highest BCUT2D eigenvalue weighted by Crippen LogP contribution is 2.32. The zero-order chi connectivity index (χ0) is 20.4. The van der Waals surface area contributed by atoms with Crippen molar-refractivity contribution in [3.05, 3.63) is 35.5 Å². The van der Waals surface area contributed by atoms with E-state index in [1.807, 2.05) is 15.7 Å². The molecule has 1 saturated heterocycles. The number of rotatable bonds is 8. The number of benzene rings is 1. The summed E-state index contributed by atoms with van der Waals surface area (Å²) in [5.74, 6) is -1.79. The molecule has 2 aromatic rings. The Morgan fingerprint density at radius 1 is 1.34 bits per heavy atom. The molecule has 2 heterocycles. The minimum atomic E-state index is -0.877. The quantitative estimate of drug-likeness (QED) is 0.683. The molecule has 2 aliphatic rings. The molecule has 0 bridgehead atoms. The van der Waals surface area contributed by atoms with Crippen molar-refractivity contribution in [1.82, 2.24) is 14.8 Å². The van der Waals surface area contributed by atoms with Crippen LogP contribution in [0.1, 0.15) is 24.8 Å². The van der Waals surface area contributed by atoms with Crippen LogP contribution < -0.4 is 5.32 Å². The van der Waals surface area contributed by atoms with E-state index in [1.165, 1.54) is 12.1 Å². The molecule has 1 N–H and O–H groups in total. The number of hydrogen-bond donors (Lipinski definition) is 1. The number of carbonyl (C=O) groups is 1. The summed E-state index contributed by atoms with van der Waals surface area (Å²) in [6.45, 7) is 3.33. The van der Waals surface area contributed by atoms with Gasteiger partial charge in [-0.15, -0.1) is 0 Å². The molecule has 4 rings (SSSR count). The van der Waals surface area contributed by atoms with Crippen LogP contribution in [0.5, 0.6) is 0 Å². The van der Waals surface area contributed by atoms with Crippen LogP contribution in [0.25, 0.3) is 10.9 Å². The van der Waals surface area contributed by atoms with E-state index in [9.17, 15) is 13.6 Å². The maximum absolute atomic E-state index is 14.0. The first-order valence-electron chi connectivity index (χ1n) is 10.2. The molecule has 158 valence electrons. The van der Waals surface area contributed by atoms with Gasteiger partial charge in [0.2, 0.25) is 0 Å². The zero-order valence-corrected chi connectivity index (χ0v) is 16.6. The molecule has 1 atom stereocenters. The molecule has 1 amide bonds. The smallest absolute Gasteiger partial charge is 0.253 e. The third kappa shape index (κ3) is 4.44. The topological polar surface area (TPSA) is 55.7 Å². The summed E-state index contributed by atoms with van der Waals surface area (Å²) in [5.41, 5.74) is 1.45. The Labute approximate surface area is 168 Å². The highest BCUT2D eigenvalue weighted by atomic mass is 19.2. The maximum atomic E-state index is 14.0. The first kappa shape index (κ1) is 20.3. The number of halogens is 2. The van der Waals surface area contributed by atoms with Crippen molar-refractivity contribution in [2.24, 2.45) is 0 Å². The fraction of sp³-hybridized carbons (Fsp3) is 0.571. The Kier molecular flexibility index (Phi) is 6.12. The Balaban J connectivity index is 1.62. The number of nitrogens with one attached hydrogen (secondary N) is 1. The summed E-state index contributed by atoms with van der Waals surface area (Å²) in [6, 6.07) is 2.66. The third-order valence-electron chi connectivity index (χ3n) is 5.57. The number of carbonyl (C=O) groups excluding carboxylic acids is 1. The average Bonchev–Trinajstić information content (AvgIpc) is 3.52. The second-order valence-corrected chi connectivity index (χ2v) is 7.74. The van der Waals surface area contributed by atoms with Crippen molar-refractivity contribution < 1.29 is 23.0 Å². The van der Waals surface area contributed by atoms with Crippen molar-refractivity contribution in [2.75, 3.05) is 33.4 Å². The second-order valence-electron chi connectivity index (χ2n) is 7.74. The number of aryl methyl sites for hydroxylation is 1. The number of nitrogens with zero attached hydrogens (tertiary/aromatic N) is 2. The molecule has 1 aliphatic heterocycles. The lowest BCUT2D eigenvalue weighted by atomic mass is 10.1. The van der Waals surface area contributed by atoms with Crippen LogP contribution in [0.3, 0.4) is 0 Å². The fourth-order valence-electron chi connectivity index (χ4n) is 3.91. The van der Waals surface area contributed by atoms with Crippen LogP contribution in [0.2, 0.25) is 0 Å². The Bertz CT molecular complexity index is 876. The number of aromatic nitrogens is 1. The van der Waals surface area contributed by atoms with Gasteiger partial charge in [0, 0.05) is 63.6 Å². The van der Waals surface area contributed by atoms with Crippen LogP contribution in [0, 0.1) is 11.6 Å². The molecule has 0 unspecified atom stereocenters. The Morgan fingerprint density at radius 2 is 2.14 bits per heavy atom. The molecular weight excluding hydrogens is 380 g/mol. The van der Waals surface area contributed by atoms with Crippen LogP contribution in [-0.4, -0.2) is 60.9 Å². The number of methoxy groups -OCH3 is 1. The minimum absolute atomic E-state index is 0.0393. The van der Waals surface area contributed by atoms with Crippen LogP contribution in [-0.2, 0) is 27.4 Å². The molecule has 0 spiro atoms. The van der Waals surface area contributed by atoms with Crippen molar-refractivity contribution in [1.29, 1.82) is 0 Å². The first-order valence-corrected chi connectivity index (χ1v) is 10.2. The molecular formula is C21H27F2N3O3. The van der Waals surface area contributed by atoms with Gasteiger partial charge in [-0.1, -0.05) is 0 Å². The van der Waals surface area contributed by atoms with Gasteiger partial charge in [0.1, 0.15) is 6.10 Å². The van der Waals surface area contributed by atoms with Gasteiger partial charge >= 0.3 is 0 Å². The van der Waals surface area contributed by atoms with Crippen LogP contribution in [0.15, 0.2) is 18.3 Å². The standard InChI is InChI=1S/C21H27F2N3O3/c1-28-7-2-6-25-12-14(16-9-17(22)18(23)10-19(16)25)13-26(15-3-4-15)21(27)20-11-24-5-8-29-20/h9-10,12,15,20,24H,2-8,11,13H2,1H3/t20-/m1/s1. The van der Waals surface area contributed by atoms with Crippen molar-refractivity contribution in [3.63, 3.8) is 0 Å². The molecule has 1 aliphatic carbocycles. The lowest BCUT2D eigenvalue weighted by molar-refractivity contribution is -0.146.